The van der Waals surface area contributed by atoms with E-state index in [0.717, 1.165) is 31.2 Å². The normalized spacial score (nSPS) is 22.7. The highest BCUT2D eigenvalue weighted by Gasteiger charge is 2.32. The van der Waals surface area contributed by atoms with Crippen LogP contribution in [-0.2, 0) is 16.0 Å². The van der Waals surface area contributed by atoms with Crippen molar-refractivity contribution in [1.82, 2.24) is 5.32 Å². The van der Waals surface area contributed by atoms with Crippen LogP contribution in [0, 0.1) is 0 Å². The van der Waals surface area contributed by atoms with Crippen LogP contribution in [0.15, 0.2) is 24.3 Å². The number of ether oxygens (including phenoxy) is 1. The van der Waals surface area contributed by atoms with Crippen molar-refractivity contribution in [2.75, 3.05) is 0 Å². The van der Waals surface area contributed by atoms with E-state index in [1.165, 1.54) is 0 Å². The summed E-state index contributed by atoms with van der Waals surface area (Å²) in [5.74, 6) is -0.553. The molecule has 1 N–H and O–H groups in total. The molecule has 0 spiro atoms. The fourth-order valence-electron chi connectivity index (χ4n) is 2.84. The molecule has 4 heteroatoms. The lowest BCUT2D eigenvalue weighted by Crippen LogP contribution is -2.45. The molecule has 19 heavy (non-hydrogen) atoms. The second kappa shape index (κ2) is 5.03. The van der Waals surface area contributed by atoms with Gasteiger partial charge in [-0.3, -0.25) is 4.79 Å². The van der Waals surface area contributed by atoms with Crippen LogP contribution in [0.25, 0.3) is 0 Å². The molecule has 1 aliphatic heterocycles. The Morgan fingerprint density at radius 2 is 1.95 bits per heavy atom. The van der Waals surface area contributed by atoms with Gasteiger partial charge in [0.2, 0.25) is 0 Å². The molecule has 2 aliphatic rings. The van der Waals surface area contributed by atoms with Crippen molar-refractivity contribution in [1.29, 1.82) is 0 Å². The monoisotopic (exact) mass is 259 g/mol. The van der Waals surface area contributed by atoms with E-state index in [-0.39, 0.29) is 11.9 Å². The van der Waals surface area contributed by atoms with E-state index in [4.69, 9.17) is 4.74 Å². The Morgan fingerprint density at radius 3 is 2.74 bits per heavy atom. The predicted molar refractivity (Wildman–Crippen MR) is 69.7 cm³/mol. The van der Waals surface area contributed by atoms with Crippen LogP contribution < -0.4 is 5.32 Å². The van der Waals surface area contributed by atoms with Crippen LogP contribution in [0.3, 0.4) is 0 Å². The van der Waals surface area contributed by atoms with E-state index < -0.39 is 12.1 Å². The van der Waals surface area contributed by atoms with Gasteiger partial charge in [0.1, 0.15) is 0 Å². The van der Waals surface area contributed by atoms with Gasteiger partial charge in [-0.15, -0.1) is 0 Å². The largest absolute Gasteiger partial charge is 0.448 e. The Bertz CT molecular complexity index is 506. The maximum absolute atomic E-state index is 12.1. The highest BCUT2D eigenvalue weighted by molar-refractivity contribution is 5.95. The van der Waals surface area contributed by atoms with Crippen molar-refractivity contribution in [3.8, 4) is 0 Å². The Morgan fingerprint density at radius 1 is 1.21 bits per heavy atom. The molecule has 100 valence electrons. The lowest BCUT2D eigenvalue weighted by Gasteiger charge is -2.25. The lowest BCUT2D eigenvalue weighted by atomic mass is 9.98. The zero-order valence-corrected chi connectivity index (χ0v) is 10.7. The van der Waals surface area contributed by atoms with E-state index in [1.54, 1.807) is 12.1 Å². The minimum atomic E-state index is -0.678. The summed E-state index contributed by atoms with van der Waals surface area (Å²) in [5.41, 5.74) is 1.47. The third kappa shape index (κ3) is 2.48. The summed E-state index contributed by atoms with van der Waals surface area (Å²) in [7, 11) is 0. The molecule has 1 aromatic rings. The molecule has 1 aromatic carbocycles. The second-order valence-electron chi connectivity index (χ2n) is 5.25. The third-order valence-electron chi connectivity index (χ3n) is 3.89. The van der Waals surface area contributed by atoms with E-state index >= 15 is 0 Å². The zero-order chi connectivity index (χ0) is 13.2. The fraction of sp³-hybridized carbons (Fsp3) is 0.467. The van der Waals surface area contributed by atoms with Gasteiger partial charge in [-0.25, -0.2) is 4.79 Å². The first-order valence-electron chi connectivity index (χ1n) is 6.83. The summed E-state index contributed by atoms with van der Waals surface area (Å²) < 4.78 is 5.23. The number of carbonyl (C=O) groups is 2. The zero-order valence-electron chi connectivity index (χ0n) is 10.7. The number of hydrogen-bond donors (Lipinski definition) is 1. The lowest BCUT2D eigenvalue weighted by molar-refractivity contribution is -0.131. The maximum Gasteiger partial charge on any atom is 0.339 e. The maximum atomic E-state index is 12.1. The van der Waals surface area contributed by atoms with Gasteiger partial charge in [0, 0.05) is 12.5 Å². The molecule has 1 atom stereocenters. The number of fused-ring (bicyclic) bond motifs is 1. The van der Waals surface area contributed by atoms with Crippen molar-refractivity contribution in [3.05, 3.63) is 35.4 Å². The third-order valence-corrected chi connectivity index (χ3v) is 3.89. The van der Waals surface area contributed by atoms with Crippen LogP contribution >= 0.6 is 0 Å². The summed E-state index contributed by atoms with van der Waals surface area (Å²) >= 11 is 0. The number of benzene rings is 1. The Kier molecular flexibility index (Phi) is 3.23. The van der Waals surface area contributed by atoms with Gasteiger partial charge >= 0.3 is 5.97 Å². The van der Waals surface area contributed by atoms with Gasteiger partial charge in [-0.05, 0) is 24.5 Å². The van der Waals surface area contributed by atoms with Crippen LogP contribution in [-0.4, -0.2) is 24.0 Å². The van der Waals surface area contributed by atoms with Gasteiger partial charge in [-0.1, -0.05) is 31.0 Å². The van der Waals surface area contributed by atoms with Gasteiger partial charge in [0.15, 0.2) is 6.10 Å². The number of hydrogen-bond acceptors (Lipinski definition) is 3. The highest BCUT2D eigenvalue weighted by Crippen LogP contribution is 2.22. The Balaban J connectivity index is 1.70. The number of nitrogens with one attached hydrogen (secondary N) is 1. The summed E-state index contributed by atoms with van der Waals surface area (Å²) in [5, 5.41) is 2.98. The van der Waals surface area contributed by atoms with E-state index in [0.29, 0.717) is 12.0 Å². The van der Waals surface area contributed by atoms with Crippen molar-refractivity contribution >= 4 is 11.9 Å². The van der Waals surface area contributed by atoms with Crippen LogP contribution in [0.2, 0.25) is 0 Å². The molecular formula is C15H17NO3. The molecule has 1 aliphatic carbocycles. The van der Waals surface area contributed by atoms with Gasteiger partial charge in [0.05, 0.1) is 5.56 Å². The minimum absolute atomic E-state index is 0.158. The quantitative estimate of drug-likeness (QED) is 0.824. The fourth-order valence-corrected chi connectivity index (χ4v) is 2.84. The van der Waals surface area contributed by atoms with Crippen molar-refractivity contribution in [2.45, 2.75) is 44.2 Å². The van der Waals surface area contributed by atoms with Crippen LogP contribution in [0.4, 0.5) is 0 Å². The van der Waals surface area contributed by atoms with Crippen LogP contribution in [0.5, 0.6) is 0 Å². The molecule has 1 unspecified atom stereocenters. The Labute approximate surface area is 112 Å². The summed E-state index contributed by atoms with van der Waals surface area (Å²) in [4.78, 5) is 24.0. The van der Waals surface area contributed by atoms with E-state index in [2.05, 4.69) is 5.32 Å². The minimum Gasteiger partial charge on any atom is -0.448 e. The number of rotatable bonds is 2. The molecule has 0 bridgehead atoms. The predicted octanol–water partition coefficient (Wildman–Crippen LogP) is 1.83. The standard InChI is InChI=1S/C15H17NO3/c17-14(16-11-6-2-3-7-11)13-9-10-5-1-4-8-12(10)15(18)19-13/h1,4-5,8,11,13H,2-3,6-7,9H2,(H,16,17). The molecule has 1 heterocycles. The Hall–Kier alpha value is -1.84. The molecular weight excluding hydrogens is 242 g/mol. The molecule has 1 amide bonds. The smallest absolute Gasteiger partial charge is 0.339 e. The molecule has 3 rings (SSSR count). The summed E-state index contributed by atoms with van der Waals surface area (Å²) in [6.45, 7) is 0. The van der Waals surface area contributed by atoms with E-state index in [1.807, 2.05) is 12.1 Å². The SMILES string of the molecule is O=C1OC(C(=O)NC2CCCC2)Cc2ccccc21. The average Bonchev–Trinajstić information content (AvgIpc) is 2.91. The highest BCUT2D eigenvalue weighted by atomic mass is 16.5. The number of cyclic esters (lactones) is 1. The molecule has 0 aromatic heterocycles. The average molecular weight is 259 g/mol. The van der Waals surface area contributed by atoms with Crippen molar-refractivity contribution in [2.24, 2.45) is 0 Å². The first kappa shape index (κ1) is 12.2. The first-order chi connectivity index (χ1) is 9.24. The van der Waals surface area contributed by atoms with Crippen molar-refractivity contribution in [3.63, 3.8) is 0 Å². The number of carbonyl (C=O) groups excluding carboxylic acids is 2. The molecule has 1 saturated carbocycles. The van der Waals surface area contributed by atoms with Gasteiger partial charge in [-0.2, -0.15) is 0 Å². The molecule has 4 nitrogen and oxygen atoms in total. The van der Waals surface area contributed by atoms with Crippen LogP contribution in [0.1, 0.15) is 41.6 Å². The van der Waals surface area contributed by atoms with Crippen molar-refractivity contribution < 1.29 is 14.3 Å². The first-order valence-corrected chi connectivity index (χ1v) is 6.83. The molecule has 0 saturated heterocycles. The van der Waals surface area contributed by atoms with Gasteiger partial charge in [0.25, 0.3) is 5.91 Å². The summed E-state index contributed by atoms with van der Waals surface area (Å²) in [6, 6.07) is 7.56. The number of amides is 1. The summed E-state index contributed by atoms with van der Waals surface area (Å²) in [6.07, 6.45) is 4.19. The molecule has 0 radical (unpaired) electrons. The topological polar surface area (TPSA) is 55.4 Å². The molecule has 1 fully saturated rings. The van der Waals surface area contributed by atoms with Gasteiger partial charge < -0.3 is 10.1 Å². The second-order valence-corrected chi connectivity index (χ2v) is 5.25. The number of esters is 1. The van der Waals surface area contributed by atoms with E-state index in [9.17, 15) is 9.59 Å².